The predicted octanol–water partition coefficient (Wildman–Crippen LogP) is 4.33. The third kappa shape index (κ3) is 4.42. The molecule has 24 heavy (non-hydrogen) atoms. The fourth-order valence-corrected chi connectivity index (χ4v) is 2.38. The monoisotopic (exact) mass is 329 g/mol. The standard InChI is InChI=1S/C16H15N3O5/c20-17-16(13-6-10-15(11-7-13)19(23)24)3-1-2-12-4-8-14(9-5-12)18(21)22/h4-11,16H,1-3H2/t16-/m0/s1. The molecule has 0 amide bonds. The Kier molecular flexibility index (Phi) is 5.67. The van der Waals surface area contributed by atoms with Gasteiger partial charge in [0.05, 0.1) is 9.85 Å². The molecular formula is C16H15N3O5. The predicted molar refractivity (Wildman–Crippen MR) is 87.7 cm³/mol. The van der Waals surface area contributed by atoms with Gasteiger partial charge in [-0.2, -0.15) is 4.91 Å². The maximum atomic E-state index is 11.0. The molecule has 124 valence electrons. The number of hydrogen-bond donors (Lipinski definition) is 0. The van der Waals surface area contributed by atoms with Crippen molar-refractivity contribution in [1.82, 2.24) is 0 Å². The maximum Gasteiger partial charge on any atom is 0.269 e. The van der Waals surface area contributed by atoms with Crippen molar-refractivity contribution in [1.29, 1.82) is 0 Å². The van der Waals surface area contributed by atoms with Crippen LogP contribution in [0.15, 0.2) is 53.7 Å². The van der Waals surface area contributed by atoms with E-state index in [1.54, 1.807) is 12.1 Å². The normalized spacial score (nSPS) is 11.7. The highest BCUT2D eigenvalue weighted by Gasteiger charge is 2.14. The van der Waals surface area contributed by atoms with E-state index in [1.165, 1.54) is 36.4 Å². The fourth-order valence-electron chi connectivity index (χ4n) is 2.38. The van der Waals surface area contributed by atoms with E-state index in [4.69, 9.17) is 0 Å². The molecule has 0 N–H and O–H groups in total. The number of rotatable bonds is 8. The summed E-state index contributed by atoms with van der Waals surface area (Å²) in [5.41, 5.74) is 1.58. The summed E-state index contributed by atoms with van der Waals surface area (Å²) in [6.45, 7) is 0. The van der Waals surface area contributed by atoms with E-state index in [0.717, 1.165) is 5.56 Å². The molecule has 0 aliphatic carbocycles. The second-order valence-corrected chi connectivity index (χ2v) is 5.29. The largest absolute Gasteiger partial charge is 0.269 e. The van der Waals surface area contributed by atoms with Gasteiger partial charge in [-0.25, -0.2) is 0 Å². The molecule has 2 rings (SSSR count). The highest BCUT2D eigenvalue weighted by Crippen LogP contribution is 2.25. The highest BCUT2D eigenvalue weighted by molar-refractivity contribution is 5.34. The maximum absolute atomic E-state index is 11.0. The molecule has 0 fully saturated rings. The van der Waals surface area contributed by atoms with Crippen LogP contribution in [0, 0.1) is 25.1 Å². The second kappa shape index (κ2) is 7.91. The van der Waals surface area contributed by atoms with Crippen molar-refractivity contribution in [2.45, 2.75) is 25.3 Å². The van der Waals surface area contributed by atoms with Crippen molar-refractivity contribution in [3.05, 3.63) is 84.8 Å². The van der Waals surface area contributed by atoms with Gasteiger partial charge < -0.3 is 0 Å². The number of nitroso groups, excluding NO2 is 1. The molecule has 8 heteroatoms. The molecule has 8 nitrogen and oxygen atoms in total. The van der Waals surface area contributed by atoms with Gasteiger partial charge in [-0.3, -0.25) is 20.2 Å². The number of non-ortho nitro benzene ring substituents is 2. The second-order valence-electron chi connectivity index (χ2n) is 5.29. The number of nitro benzene ring substituents is 2. The number of hydrogen-bond acceptors (Lipinski definition) is 6. The first-order chi connectivity index (χ1) is 11.5. The smallest absolute Gasteiger partial charge is 0.258 e. The molecule has 0 unspecified atom stereocenters. The zero-order valence-corrected chi connectivity index (χ0v) is 12.7. The van der Waals surface area contributed by atoms with Gasteiger partial charge in [0.25, 0.3) is 11.4 Å². The minimum atomic E-state index is -0.566. The molecule has 0 saturated heterocycles. The van der Waals surface area contributed by atoms with Crippen molar-refractivity contribution in [3.8, 4) is 0 Å². The summed E-state index contributed by atoms with van der Waals surface area (Å²) in [6, 6.07) is 11.5. The number of aryl methyl sites for hydroxylation is 1. The van der Waals surface area contributed by atoms with E-state index < -0.39 is 15.9 Å². The lowest BCUT2D eigenvalue weighted by molar-refractivity contribution is -0.385. The summed E-state index contributed by atoms with van der Waals surface area (Å²) in [5.74, 6) is 0. The Morgan fingerprint density at radius 1 is 0.875 bits per heavy atom. The summed E-state index contributed by atoms with van der Waals surface area (Å²) in [4.78, 5) is 31.3. The molecule has 2 aromatic carbocycles. The van der Waals surface area contributed by atoms with Gasteiger partial charge in [-0.1, -0.05) is 17.3 Å². The highest BCUT2D eigenvalue weighted by atomic mass is 16.6. The van der Waals surface area contributed by atoms with Crippen molar-refractivity contribution < 1.29 is 9.85 Å². The number of benzene rings is 2. The van der Waals surface area contributed by atoms with Crippen LogP contribution in [0.25, 0.3) is 0 Å². The molecule has 0 bridgehead atoms. The number of nitro groups is 2. The average molecular weight is 329 g/mol. The Labute approximate surface area is 137 Å². The van der Waals surface area contributed by atoms with Crippen molar-refractivity contribution in [2.75, 3.05) is 0 Å². The molecule has 0 saturated carbocycles. The van der Waals surface area contributed by atoms with Crippen LogP contribution >= 0.6 is 0 Å². The fraction of sp³-hybridized carbons (Fsp3) is 0.250. The summed E-state index contributed by atoms with van der Waals surface area (Å²) in [5, 5.41) is 24.3. The Bertz CT molecular complexity index is 728. The first-order valence-electron chi connectivity index (χ1n) is 7.31. The molecule has 0 spiro atoms. The Morgan fingerprint density at radius 3 is 1.83 bits per heavy atom. The van der Waals surface area contributed by atoms with Crippen LogP contribution in [0.4, 0.5) is 11.4 Å². The minimum Gasteiger partial charge on any atom is -0.258 e. The zero-order chi connectivity index (χ0) is 17.5. The van der Waals surface area contributed by atoms with Crippen LogP contribution in [0.2, 0.25) is 0 Å². The molecule has 0 aliphatic heterocycles. The van der Waals surface area contributed by atoms with E-state index in [-0.39, 0.29) is 11.4 Å². The van der Waals surface area contributed by atoms with Crippen molar-refractivity contribution >= 4 is 11.4 Å². The van der Waals surface area contributed by atoms with E-state index in [9.17, 15) is 25.1 Å². The molecule has 1 atom stereocenters. The Morgan fingerprint density at radius 2 is 1.38 bits per heavy atom. The topological polar surface area (TPSA) is 116 Å². The van der Waals surface area contributed by atoms with Gasteiger partial charge in [0, 0.05) is 24.3 Å². The summed E-state index contributed by atoms with van der Waals surface area (Å²) < 4.78 is 0. The average Bonchev–Trinajstić information content (AvgIpc) is 2.59. The van der Waals surface area contributed by atoms with Crippen LogP contribution in [-0.4, -0.2) is 9.85 Å². The van der Waals surface area contributed by atoms with Crippen LogP contribution in [-0.2, 0) is 6.42 Å². The van der Waals surface area contributed by atoms with E-state index >= 15 is 0 Å². The molecular weight excluding hydrogens is 314 g/mol. The van der Waals surface area contributed by atoms with Gasteiger partial charge >= 0.3 is 0 Å². The Hall–Kier alpha value is -3.16. The summed E-state index contributed by atoms with van der Waals surface area (Å²) in [6.07, 6.45) is 1.83. The first kappa shape index (κ1) is 17.2. The summed E-state index contributed by atoms with van der Waals surface area (Å²) in [7, 11) is 0. The molecule has 0 aliphatic rings. The van der Waals surface area contributed by atoms with E-state index in [1.807, 2.05) is 0 Å². The lowest BCUT2D eigenvalue weighted by Crippen LogP contribution is -1.97. The minimum absolute atomic E-state index is 0.0331. The van der Waals surface area contributed by atoms with Crippen LogP contribution in [0.1, 0.15) is 30.0 Å². The number of nitrogens with zero attached hydrogens (tertiary/aromatic N) is 3. The SMILES string of the molecule is O=N[C@@H](CCCc1ccc([N+](=O)[O-])cc1)c1ccc([N+](=O)[O-])cc1. The van der Waals surface area contributed by atoms with Crippen molar-refractivity contribution in [2.24, 2.45) is 5.18 Å². The quantitative estimate of drug-likeness (QED) is 0.406. The van der Waals surface area contributed by atoms with Crippen LogP contribution < -0.4 is 0 Å². The Balaban J connectivity index is 1.92. The van der Waals surface area contributed by atoms with E-state index in [0.29, 0.717) is 24.8 Å². The third-order valence-corrected chi connectivity index (χ3v) is 3.71. The van der Waals surface area contributed by atoms with Gasteiger partial charge in [0.15, 0.2) is 0 Å². The van der Waals surface area contributed by atoms with Gasteiger partial charge in [0.2, 0.25) is 0 Å². The van der Waals surface area contributed by atoms with E-state index in [2.05, 4.69) is 5.18 Å². The first-order valence-corrected chi connectivity index (χ1v) is 7.31. The van der Waals surface area contributed by atoms with Crippen LogP contribution in [0.3, 0.4) is 0 Å². The lowest BCUT2D eigenvalue weighted by atomic mass is 9.99. The van der Waals surface area contributed by atoms with Crippen molar-refractivity contribution in [3.63, 3.8) is 0 Å². The van der Waals surface area contributed by atoms with Gasteiger partial charge in [-0.05, 0) is 42.5 Å². The summed E-state index contributed by atoms with van der Waals surface area (Å²) >= 11 is 0. The molecule has 0 aromatic heterocycles. The zero-order valence-electron chi connectivity index (χ0n) is 12.7. The van der Waals surface area contributed by atoms with Gasteiger partial charge in [0.1, 0.15) is 6.04 Å². The lowest BCUT2D eigenvalue weighted by Gasteiger charge is -2.09. The van der Waals surface area contributed by atoms with Crippen LogP contribution in [0.5, 0.6) is 0 Å². The molecule has 0 radical (unpaired) electrons. The molecule has 2 aromatic rings. The third-order valence-electron chi connectivity index (χ3n) is 3.71. The van der Waals surface area contributed by atoms with Gasteiger partial charge in [-0.15, -0.1) is 0 Å². The molecule has 0 heterocycles.